The zero-order chi connectivity index (χ0) is 18.9. The Morgan fingerprint density at radius 2 is 2.11 bits per heavy atom. The number of rotatable bonds is 8. The lowest BCUT2D eigenvalue weighted by molar-refractivity contribution is 0.229. The van der Waals surface area contributed by atoms with Gasteiger partial charge in [-0.3, -0.25) is 0 Å². The van der Waals surface area contributed by atoms with Gasteiger partial charge in [0.15, 0.2) is 5.96 Å². The molecule has 150 valence electrons. The molecule has 0 amide bonds. The van der Waals surface area contributed by atoms with E-state index in [0.717, 1.165) is 36.2 Å². The highest BCUT2D eigenvalue weighted by Crippen LogP contribution is 2.16. The summed E-state index contributed by atoms with van der Waals surface area (Å²) in [6.45, 7) is 10.1. The fourth-order valence-electron chi connectivity index (χ4n) is 2.31. The Bertz CT molecular complexity index is 719. The van der Waals surface area contributed by atoms with Crippen LogP contribution in [0.25, 0.3) is 0 Å². The topological polar surface area (TPSA) is 58.5 Å². The van der Waals surface area contributed by atoms with Crippen molar-refractivity contribution in [1.82, 2.24) is 15.6 Å². The van der Waals surface area contributed by atoms with Gasteiger partial charge in [0.25, 0.3) is 0 Å². The van der Waals surface area contributed by atoms with E-state index in [1.165, 1.54) is 17.0 Å². The molecule has 1 unspecified atom stereocenters. The lowest BCUT2D eigenvalue weighted by atomic mass is 10.3. The van der Waals surface area contributed by atoms with Crippen LogP contribution in [0.1, 0.15) is 29.4 Å². The van der Waals surface area contributed by atoms with Gasteiger partial charge in [0.2, 0.25) is 0 Å². The molecule has 27 heavy (non-hydrogen) atoms. The summed E-state index contributed by atoms with van der Waals surface area (Å²) in [5.41, 5.74) is 1.11. The highest BCUT2D eigenvalue weighted by Gasteiger charge is 2.07. The number of aliphatic imine (C=N–C) groups is 1. The van der Waals surface area contributed by atoms with E-state index in [1.54, 1.807) is 23.5 Å². The van der Waals surface area contributed by atoms with Crippen molar-refractivity contribution in [3.05, 3.63) is 45.7 Å². The van der Waals surface area contributed by atoms with Gasteiger partial charge in [0.05, 0.1) is 17.2 Å². The van der Waals surface area contributed by atoms with Crippen LogP contribution in [0.3, 0.4) is 0 Å². The minimum atomic E-state index is -0.305. The van der Waals surface area contributed by atoms with Crippen LogP contribution in [0.15, 0.2) is 29.3 Å². The molecule has 0 spiro atoms. The number of benzene rings is 1. The van der Waals surface area contributed by atoms with Crippen LogP contribution in [0.5, 0.6) is 5.75 Å². The third-order valence-electron chi connectivity index (χ3n) is 3.69. The largest absolute Gasteiger partial charge is 0.489 e. The monoisotopic (exact) mass is 506 g/mol. The summed E-state index contributed by atoms with van der Waals surface area (Å²) < 4.78 is 18.9. The lowest BCUT2D eigenvalue weighted by Crippen LogP contribution is -2.39. The number of aryl methyl sites for hydroxylation is 2. The molecule has 0 aliphatic carbocycles. The van der Waals surface area contributed by atoms with Gasteiger partial charge in [-0.1, -0.05) is 6.07 Å². The number of nitrogens with one attached hydrogen (secondary N) is 2. The molecule has 8 heteroatoms. The summed E-state index contributed by atoms with van der Waals surface area (Å²) in [6, 6.07) is 6.15. The van der Waals surface area contributed by atoms with E-state index >= 15 is 0 Å². The standard InChI is InChI=1S/C19H27FN4OS.HI/c1-5-21-19(22-10-9-18-24-14(3)15(4)26-18)23-12-13(2)25-17-8-6-7-16(20)11-17;/h6-8,11,13H,5,9-10,12H2,1-4H3,(H2,21,22,23);1H. The van der Waals surface area contributed by atoms with E-state index in [4.69, 9.17) is 4.74 Å². The smallest absolute Gasteiger partial charge is 0.191 e. The number of aromatic nitrogens is 1. The molecular weight excluding hydrogens is 478 g/mol. The normalized spacial score (nSPS) is 12.3. The van der Waals surface area contributed by atoms with Crippen molar-refractivity contribution in [2.24, 2.45) is 4.99 Å². The van der Waals surface area contributed by atoms with Gasteiger partial charge in [-0.15, -0.1) is 35.3 Å². The third-order valence-corrected chi connectivity index (χ3v) is 4.82. The number of thiazole rings is 1. The first-order valence-electron chi connectivity index (χ1n) is 8.85. The minimum Gasteiger partial charge on any atom is -0.489 e. The van der Waals surface area contributed by atoms with Gasteiger partial charge in [0.1, 0.15) is 17.7 Å². The molecule has 0 fully saturated rings. The molecular formula is C19H28FIN4OS. The molecule has 0 aliphatic heterocycles. The molecule has 1 aromatic carbocycles. The summed E-state index contributed by atoms with van der Waals surface area (Å²) in [6.07, 6.45) is 0.704. The Kier molecular flexibility index (Phi) is 10.6. The van der Waals surface area contributed by atoms with Crippen molar-refractivity contribution in [3.8, 4) is 5.75 Å². The average Bonchev–Trinajstić information content (AvgIpc) is 2.90. The predicted octanol–water partition coefficient (Wildman–Crippen LogP) is 4.08. The third kappa shape index (κ3) is 8.42. The van der Waals surface area contributed by atoms with Gasteiger partial charge in [-0.25, -0.2) is 14.4 Å². The van der Waals surface area contributed by atoms with Crippen molar-refractivity contribution < 1.29 is 9.13 Å². The first-order chi connectivity index (χ1) is 12.5. The Hall–Kier alpha value is -1.42. The summed E-state index contributed by atoms with van der Waals surface area (Å²) in [5, 5.41) is 7.67. The number of guanidine groups is 1. The van der Waals surface area contributed by atoms with E-state index in [-0.39, 0.29) is 35.9 Å². The van der Waals surface area contributed by atoms with Crippen LogP contribution >= 0.6 is 35.3 Å². The van der Waals surface area contributed by atoms with Crippen LogP contribution in [0.2, 0.25) is 0 Å². The van der Waals surface area contributed by atoms with Crippen molar-refractivity contribution in [2.45, 2.75) is 40.2 Å². The molecule has 1 atom stereocenters. The number of hydrogen-bond donors (Lipinski definition) is 2. The van der Waals surface area contributed by atoms with Crippen LogP contribution in [0, 0.1) is 19.7 Å². The number of halogens is 2. The minimum absolute atomic E-state index is 0. The Morgan fingerprint density at radius 3 is 2.74 bits per heavy atom. The van der Waals surface area contributed by atoms with Crippen LogP contribution in [-0.4, -0.2) is 36.7 Å². The highest BCUT2D eigenvalue weighted by atomic mass is 127. The maximum Gasteiger partial charge on any atom is 0.191 e. The van der Waals surface area contributed by atoms with Crippen LogP contribution < -0.4 is 15.4 Å². The van der Waals surface area contributed by atoms with Crippen molar-refractivity contribution in [1.29, 1.82) is 0 Å². The Labute approximate surface area is 181 Å². The average molecular weight is 506 g/mol. The van der Waals surface area contributed by atoms with Crippen LogP contribution in [-0.2, 0) is 6.42 Å². The molecule has 2 rings (SSSR count). The Balaban J connectivity index is 0.00000364. The molecule has 5 nitrogen and oxygen atoms in total. The zero-order valence-electron chi connectivity index (χ0n) is 16.2. The fourth-order valence-corrected chi connectivity index (χ4v) is 3.24. The quantitative estimate of drug-likeness (QED) is 0.322. The van der Waals surface area contributed by atoms with Gasteiger partial charge < -0.3 is 15.4 Å². The van der Waals surface area contributed by atoms with Gasteiger partial charge in [0, 0.05) is 30.5 Å². The number of ether oxygens (including phenoxy) is 1. The van der Waals surface area contributed by atoms with E-state index in [0.29, 0.717) is 12.3 Å². The summed E-state index contributed by atoms with van der Waals surface area (Å²) >= 11 is 1.74. The van der Waals surface area contributed by atoms with Gasteiger partial charge in [-0.2, -0.15) is 0 Å². The maximum absolute atomic E-state index is 13.2. The molecule has 0 aliphatic rings. The first kappa shape index (κ1) is 23.6. The molecule has 2 N–H and O–H groups in total. The molecule has 0 saturated carbocycles. The second kappa shape index (κ2) is 12.1. The van der Waals surface area contributed by atoms with E-state index in [1.807, 2.05) is 20.8 Å². The molecule has 2 aromatic rings. The summed E-state index contributed by atoms with van der Waals surface area (Å²) in [5.74, 6) is 0.952. The van der Waals surface area contributed by atoms with Crippen molar-refractivity contribution >= 4 is 41.3 Å². The molecule has 1 aromatic heterocycles. The van der Waals surface area contributed by atoms with Crippen LogP contribution in [0.4, 0.5) is 4.39 Å². The number of hydrogen-bond acceptors (Lipinski definition) is 4. The van der Waals surface area contributed by atoms with E-state index in [2.05, 4.69) is 27.5 Å². The van der Waals surface area contributed by atoms with Crippen molar-refractivity contribution in [2.75, 3.05) is 19.6 Å². The molecule has 0 saturated heterocycles. The summed E-state index contributed by atoms with van der Waals surface area (Å²) in [4.78, 5) is 10.4. The lowest BCUT2D eigenvalue weighted by Gasteiger charge is -2.15. The van der Waals surface area contributed by atoms with E-state index < -0.39 is 0 Å². The second-order valence-electron chi connectivity index (χ2n) is 6.03. The van der Waals surface area contributed by atoms with Gasteiger partial charge in [-0.05, 0) is 39.8 Å². The summed E-state index contributed by atoms with van der Waals surface area (Å²) in [7, 11) is 0. The molecule has 0 bridgehead atoms. The second-order valence-corrected chi connectivity index (χ2v) is 7.32. The zero-order valence-corrected chi connectivity index (χ0v) is 19.4. The SMILES string of the molecule is CCNC(=NCC(C)Oc1cccc(F)c1)NCCc1nc(C)c(C)s1.I. The number of nitrogens with zero attached hydrogens (tertiary/aromatic N) is 2. The van der Waals surface area contributed by atoms with Gasteiger partial charge >= 0.3 is 0 Å². The highest BCUT2D eigenvalue weighted by molar-refractivity contribution is 14.0. The van der Waals surface area contributed by atoms with Crippen molar-refractivity contribution in [3.63, 3.8) is 0 Å². The molecule has 0 radical (unpaired) electrons. The fraction of sp³-hybridized carbons (Fsp3) is 0.474. The maximum atomic E-state index is 13.2. The van der Waals surface area contributed by atoms with E-state index in [9.17, 15) is 4.39 Å². The molecule has 1 heterocycles. The first-order valence-corrected chi connectivity index (χ1v) is 9.67. The Morgan fingerprint density at radius 1 is 1.33 bits per heavy atom. The predicted molar refractivity (Wildman–Crippen MR) is 121 cm³/mol.